The molecule has 1 aromatic heterocycles. The van der Waals surface area contributed by atoms with Crippen LogP contribution >= 0.6 is 0 Å². The van der Waals surface area contributed by atoms with Crippen molar-refractivity contribution in [2.75, 3.05) is 62.7 Å². The van der Waals surface area contributed by atoms with Gasteiger partial charge in [-0.05, 0) is 70.3 Å². The van der Waals surface area contributed by atoms with E-state index < -0.39 is 5.60 Å². The minimum absolute atomic E-state index is 0.194. The topological polar surface area (TPSA) is 92.3 Å². The molecule has 0 atom stereocenters. The van der Waals surface area contributed by atoms with E-state index >= 15 is 4.39 Å². The number of carbonyl (C=O) groups excluding carboxylic acids is 1. The molecule has 39 heavy (non-hydrogen) atoms. The van der Waals surface area contributed by atoms with Crippen molar-refractivity contribution in [3.05, 3.63) is 35.4 Å². The number of morpholine rings is 1. The quantitative estimate of drug-likeness (QED) is 0.623. The molecule has 1 aromatic carbocycles. The maximum absolute atomic E-state index is 15.4. The van der Waals surface area contributed by atoms with Gasteiger partial charge in [-0.2, -0.15) is 0 Å². The predicted octanol–water partition coefficient (Wildman–Crippen LogP) is 3.89. The zero-order valence-electron chi connectivity index (χ0n) is 22.9. The van der Waals surface area contributed by atoms with Crippen LogP contribution in [0.25, 0.3) is 0 Å². The number of carbonyl (C=O) groups is 1. The van der Waals surface area contributed by atoms with Gasteiger partial charge < -0.3 is 29.3 Å². The second-order valence-electron chi connectivity index (χ2n) is 11.8. The highest BCUT2D eigenvalue weighted by Gasteiger charge is 2.38. The standard InChI is InChI=1S/C28H37FN6O4/c1-28(2,3)39-27(36)35-14-20(15-35)33-6-4-18(5-7-33)19-12-22(29)24-23(13-19)32-25-21(16-38-24)26(31-17-30-25)34-8-10-37-11-9-34/h12-13,17-18,20H,4-11,14-16H2,1-3H3,(H,30,31,32). The maximum Gasteiger partial charge on any atom is 0.410 e. The van der Waals surface area contributed by atoms with E-state index in [0.29, 0.717) is 43.9 Å². The van der Waals surface area contributed by atoms with E-state index in [-0.39, 0.29) is 30.2 Å². The molecule has 0 radical (unpaired) electrons. The molecule has 3 fully saturated rings. The van der Waals surface area contributed by atoms with Gasteiger partial charge in [-0.1, -0.05) is 0 Å². The van der Waals surface area contributed by atoms with Gasteiger partial charge in [-0.25, -0.2) is 19.2 Å². The summed E-state index contributed by atoms with van der Waals surface area (Å²) in [5.41, 5.74) is 1.91. The van der Waals surface area contributed by atoms with Crippen LogP contribution in [-0.4, -0.2) is 90.0 Å². The predicted molar refractivity (Wildman–Crippen MR) is 144 cm³/mol. The van der Waals surface area contributed by atoms with E-state index in [1.165, 1.54) is 0 Å². The molecule has 0 bridgehead atoms. The van der Waals surface area contributed by atoms with Crippen molar-refractivity contribution in [2.45, 2.75) is 57.8 Å². The van der Waals surface area contributed by atoms with Crippen LogP contribution in [0.2, 0.25) is 0 Å². The first-order chi connectivity index (χ1) is 18.7. The van der Waals surface area contributed by atoms with E-state index in [0.717, 1.165) is 56.0 Å². The smallest absolute Gasteiger partial charge is 0.410 e. The van der Waals surface area contributed by atoms with Crippen LogP contribution in [0.15, 0.2) is 18.5 Å². The molecule has 1 N–H and O–H groups in total. The number of benzene rings is 1. The lowest BCUT2D eigenvalue weighted by Gasteiger charge is -2.47. The highest BCUT2D eigenvalue weighted by atomic mass is 19.1. The molecule has 1 amide bonds. The number of nitrogens with zero attached hydrogens (tertiary/aromatic N) is 5. The monoisotopic (exact) mass is 540 g/mol. The Labute approximate surface area is 228 Å². The molecule has 0 saturated carbocycles. The van der Waals surface area contributed by atoms with Gasteiger partial charge in [0, 0.05) is 32.2 Å². The van der Waals surface area contributed by atoms with Crippen LogP contribution in [0.3, 0.4) is 0 Å². The van der Waals surface area contributed by atoms with Gasteiger partial charge in [0.05, 0.1) is 24.5 Å². The Morgan fingerprint density at radius 3 is 2.56 bits per heavy atom. The summed E-state index contributed by atoms with van der Waals surface area (Å²) in [6, 6.07) is 3.99. The lowest BCUT2D eigenvalue weighted by Crippen LogP contribution is -2.62. The number of rotatable bonds is 3. The number of amides is 1. The van der Waals surface area contributed by atoms with Gasteiger partial charge in [0.1, 0.15) is 30.2 Å². The third-order valence-electron chi connectivity index (χ3n) is 7.94. The average molecular weight is 541 g/mol. The summed E-state index contributed by atoms with van der Waals surface area (Å²) >= 11 is 0. The number of hydrogen-bond acceptors (Lipinski definition) is 9. The SMILES string of the molecule is CC(C)(C)OC(=O)N1CC(N2CCC(c3cc(F)c4c(c3)Nc3ncnc(N5CCOCC5)c3CO4)CC2)C1. The molecule has 2 aromatic rings. The molecular weight excluding hydrogens is 503 g/mol. The van der Waals surface area contributed by atoms with Crippen LogP contribution < -0.4 is 15.0 Å². The van der Waals surface area contributed by atoms with E-state index in [2.05, 4.69) is 25.1 Å². The van der Waals surface area contributed by atoms with Gasteiger partial charge in [-0.15, -0.1) is 0 Å². The molecule has 11 heteroatoms. The first-order valence-corrected chi connectivity index (χ1v) is 13.9. The van der Waals surface area contributed by atoms with Gasteiger partial charge in [0.2, 0.25) is 0 Å². The molecule has 5 heterocycles. The molecule has 6 rings (SSSR count). The molecular formula is C28H37FN6O4. The second-order valence-corrected chi connectivity index (χ2v) is 11.8. The third kappa shape index (κ3) is 5.47. The summed E-state index contributed by atoms with van der Waals surface area (Å²) in [5.74, 6) is 1.56. The van der Waals surface area contributed by atoms with Crippen molar-refractivity contribution in [2.24, 2.45) is 0 Å². The van der Waals surface area contributed by atoms with E-state index in [9.17, 15) is 4.79 Å². The molecule has 210 valence electrons. The van der Waals surface area contributed by atoms with Crippen LogP contribution in [0.4, 0.5) is 26.5 Å². The highest BCUT2D eigenvalue weighted by molar-refractivity contribution is 5.72. The van der Waals surface area contributed by atoms with Crippen molar-refractivity contribution >= 4 is 23.4 Å². The van der Waals surface area contributed by atoms with Crippen molar-refractivity contribution in [3.8, 4) is 5.75 Å². The van der Waals surface area contributed by atoms with Crippen LogP contribution in [0, 0.1) is 5.82 Å². The Bertz CT molecular complexity index is 1220. The number of nitrogens with one attached hydrogen (secondary N) is 1. The number of fused-ring (bicyclic) bond motifs is 2. The number of halogens is 1. The summed E-state index contributed by atoms with van der Waals surface area (Å²) in [6.45, 7) is 11.8. The lowest BCUT2D eigenvalue weighted by atomic mass is 9.87. The van der Waals surface area contributed by atoms with Crippen molar-refractivity contribution < 1.29 is 23.4 Å². The number of anilines is 3. The molecule has 0 unspecified atom stereocenters. The molecule has 3 saturated heterocycles. The molecule has 10 nitrogen and oxygen atoms in total. The largest absolute Gasteiger partial charge is 0.483 e. The second kappa shape index (κ2) is 10.4. The van der Waals surface area contributed by atoms with Crippen molar-refractivity contribution in [1.29, 1.82) is 0 Å². The van der Waals surface area contributed by atoms with Gasteiger partial charge in [-0.3, -0.25) is 4.90 Å². The number of aromatic nitrogens is 2. The van der Waals surface area contributed by atoms with Crippen LogP contribution in [0.1, 0.15) is 50.7 Å². The first kappa shape index (κ1) is 26.1. The van der Waals surface area contributed by atoms with Crippen molar-refractivity contribution in [1.82, 2.24) is 19.8 Å². The summed E-state index contributed by atoms with van der Waals surface area (Å²) in [7, 11) is 0. The normalized spacial score (nSPS) is 20.7. The Hall–Kier alpha value is -3.18. The maximum atomic E-state index is 15.4. The molecule has 0 aliphatic carbocycles. The van der Waals surface area contributed by atoms with Crippen molar-refractivity contribution in [3.63, 3.8) is 0 Å². The number of likely N-dealkylation sites (tertiary alicyclic amines) is 2. The Balaban J connectivity index is 1.11. The van der Waals surface area contributed by atoms with Crippen LogP contribution in [-0.2, 0) is 16.1 Å². The van der Waals surface area contributed by atoms with Crippen LogP contribution in [0.5, 0.6) is 5.75 Å². The molecule has 4 aliphatic heterocycles. The average Bonchev–Trinajstić information content (AvgIpc) is 3.07. The van der Waals surface area contributed by atoms with Gasteiger partial charge in [0.25, 0.3) is 0 Å². The van der Waals surface area contributed by atoms with Gasteiger partial charge in [0.15, 0.2) is 11.6 Å². The summed E-state index contributed by atoms with van der Waals surface area (Å²) in [6.07, 6.45) is 3.17. The Kier molecular flexibility index (Phi) is 6.96. The Morgan fingerprint density at radius 2 is 1.85 bits per heavy atom. The third-order valence-corrected chi connectivity index (χ3v) is 7.94. The molecule has 0 spiro atoms. The highest BCUT2D eigenvalue weighted by Crippen LogP contribution is 2.41. The first-order valence-electron chi connectivity index (χ1n) is 13.9. The number of hydrogen-bond donors (Lipinski definition) is 1. The summed E-state index contributed by atoms with van der Waals surface area (Å²) in [5, 5.41) is 3.35. The zero-order valence-corrected chi connectivity index (χ0v) is 22.9. The number of ether oxygens (including phenoxy) is 3. The molecule has 4 aliphatic rings. The van der Waals surface area contributed by atoms with E-state index in [1.807, 2.05) is 26.8 Å². The minimum Gasteiger partial charge on any atom is -0.483 e. The lowest BCUT2D eigenvalue weighted by molar-refractivity contribution is -0.0196. The summed E-state index contributed by atoms with van der Waals surface area (Å²) in [4.78, 5) is 27.6. The summed E-state index contributed by atoms with van der Waals surface area (Å²) < 4.78 is 32.3. The fraction of sp³-hybridized carbons (Fsp3) is 0.607. The van der Waals surface area contributed by atoms with Gasteiger partial charge >= 0.3 is 6.09 Å². The fourth-order valence-corrected chi connectivity index (χ4v) is 5.81. The zero-order chi connectivity index (χ0) is 27.1. The van der Waals surface area contributed by atoms with E-state index in [4.69, 9.17) is 14.2 Å². The fourth-order valence-electron chi connectivity index (χ4n) is 5.81. The number of piperidine rings is 1. The van der Waals surface area contributed by atoms with E-state index in [1.54, 1.807) is 17.3 Å². The minimum atomic E-state index is -0.483. The Morgan fingerprint density at radius 1 is 1.10 bits per heavy atom.